The van der Waals surface area contributed by atoms with Crippen molar-refractivity contribution in [3.63, 3.8) is 0 Å². The maximum absolute atomic E-state index is 13.0. The summed E-state index contributed by atoms with van der Waals surface area (Å²) in [5.74, 6) is -0.832. The molecule has 5 nitrogen and oxygen atoms in total. The van der Waals surface area contributed by atoms with Crippen molar-refractivity contribution in [3.05, 3.63) is 94.3 Å². The van der Waals surface area contributed by atoms with Crippen LogP contribution < -0.4 is 5.32 Å². The molecule has 1 aliphatic rings. The molecular formula is C21H14N2O3. The number of amides is 1. The van der Waals surface area contributed by atoms with Crippen molar-refractivity contribution in [1.82, 2.24) is 4.98 Å². The second-order valence-electron chi connectivity index (χ2n) is 6.07. The van der Waals surface area contributed by atoms with Gasteiger partial charge in [-0.15, -0.1) is 0 Å². The van der Waals surface area contributed by atoms with E-state index >= 15 is 0 Å². The zero-order valence-electron chi connectivity index (χ0n) is 13.9. The van der Waals surface area contributed by atoms with Gasteiger partial charge in [0.25, 0.3) is 5.91 Å². The van der Waals surface area contributed by atoms with Crippen molar-refractivity contribution < 1.29 is 14.4 Å². The van der Waals surface area contributed by atoms with E-state index in [1.54, 1.807) is 55.5 Å². The van der Waals surface area contributed by atoms with Crippen LogP contribution in [0.15, 0.2) is 60.9 Å². The maximum atomic E-state index is 13.0. The first kappa shape index (κ1) is 15.9. The lowest BCUT2D eigenvalue weighted by molar-refractivity contribution is 0.0978. The number of hydrogen-bond acceptors (Lipinski definition) is 4. The second kappa shape index (κ2) is 6.04. The lowest BCUT2D eigenvalue weighted by Crippen LogP contribution is -2.24. The van der Waals surface area contributed by atoms with Crippen LogP contribution in [-0.4, -0.2) is 22.5 Å². The van der Waals surface area contributed by atoms with E-state index in [2.05, 4.69) is 10.3 Å². The quantitative estimate of drug-likeness (QED) is 0.606. The highest BCUT2D eigenvalue weighted by atomic mass is 16.2. The molecule has 0 radical (unpaired) electrons. The second-order valence-corrected chi connectivity index (χ2v) is 6.07. The minimum Gasteiger partial charge on any atom is -0.321 e. The summed E-state index contributed by atoms with van der Waals surface area (Å²) in [6.07, 6.45) is 3.04. The molecule has 0 bridgehead atoms. The number of nitrogens with one attached hydrogen (secondary N) is 1. The number of nitrogens with zero attached hydrogens (tertiary/aromatic N) is 1. The summed E-state index contributed by atoms with van der Waals surface area (Å²) in [5, 5.41) is 2.80. The molecule has 3 aromatic rings. The van der Waals surface area contributed by atoms with Crippen molar-refractivity contribution in [2.75, 3.05) is 5.32 Å². The average Bonchev–Trinajstić information content (AvgIpc) is 2.68. The molecule has 126 valence electrons. The van der Waals surface area contributed by atoms with Crippen LogP contribution >= 0.6 is 0 Å². The standard InChI is InChI=1S/C21H14N2O3/c1-12-6-7-16-17(18(12)23-21(26)13-8-10-22-11-9-13)20(25)15-5-3-2-4-14(15)19(16)24/h2-11H,1H3,(H,23,26). The Hall–Kier alpha value is -3.60. The van der Waals surface area contributed by atoms with Crippen LogP contribution in [0.3, 0.4) is 0 Å². The Morgan fingerprint density at radius 3 is 2.19 bits per heavy atom. The van der Waals surface area contributed by atoms with E-state index in [1.165, 1.54) is 12.4 Å². The van der Waals surface area contributed by atoms with Gasteiger partial charge in [-0.1, -0.05) is 30.3 Å². The molecule has 1 N–H and O–H groups in total. The smallest absolute Gasteiger partial charge is 0.255 e. The number of ketones is 2. The van der Waals surface area contributed by atoms with Crippen LogP contribution in [0.5, 0.6) is 0 Å². The molecule has 4 rings (SSSR count). The Labute approximate surface area is 149 Å². The van der Waals surface area contributed by atoms with Crippen molar-refractivity contribution in [1.29, 1.82) is 0 Å². The Bertz CT molecular complexity index is 1070. The number of benzene rings is 2. The van der Waals surface area contributed by atoms with E-state index in [1.807, 2.05) is 0 Å². The number of hydrogen-bond donors (Lipinski definition) is 1. The Balaban J connectivity index is 1.84. The van der Waals surface area contributed by atoms with Gasteiger partial charge in [0.15, 0.2) is 11.6 Å². The number of carbonyl (C=O) groups excluding carboxylic acids is 3. The van der Waals surface area contributed by atoms with Gasteiger partial charge in [0, 0.05) is 34.6 Å². The summed E-state index contributed by atoms with van der Waals surface area (Å²) in [6, 6.07) is 13.3. The van der Waals surface area contributed by atoms with Gasteiger partial charge in [-0.3, -0.25) is 19.4 Å². The molecule has 5 heteroatoms. The van der Waals surface area contributed by atoms with Crippen LogP contribution in [0.25, 0.3) is 0 Å². The number of aryl methyl sites for hydroxylation is 1. The lowest BCUT2D eigenvalue weighted by atomic mass is 9.82. The molecule has 0 atom stereocenters. The van der Waals surface area contributed by atoms with Crippen molar-refractivity contribution in [2.24, 2.45) is 0 Å². The predicted octanol–water partition coefficient (Wildman–Crippen LogP) is 3.42. The molecule has 1 amide bonds. The highest BCUT2D eigenvalue weighted by molar-refractivity contribution is 6.31. The number of fused-ring (bicyclic) bond motifs is 2. The van der Waals surface area contributed by atoms with Crippen LogP contribution in [0, 0.1) is 6.92 Å². The van der Waals surface area contributed by atoms with Gasteiger partial charge >= 0.3 is 0 Å². The molecule has 1 heterocycles. The first-order valence-corrected chi connectivity index (χ1v) is 8.11. The van der Waals surface area contributed by atoms with Crippen LogP contribution in [0.4, 0.5) is 5.69 Å². The summed E-state index contributed by atoms with van der Waals surface area (Å²) in [6.45, 7) is 1.79. The third-order valence-electron chi connectivity index (χ3n) is 4.48. The van der Waals surface area contributed by atoms with E-state index in [-0.39, 0.29) is 23.0 Å². The highest BCUT2D eigenvalue weighted by Crippen LogP contribution is 2.34. The van der Waals surface area contributed by atoms with Gasteiger partial charge < -0.3 is 5.32 Å². The van der Waals surface area contributed by atoms with E-state index in [4.69, 9.17) is 0 Å². The summed E-state index contributed by atoms with van der Waals surface area (Å²) < 4.78 is 0. The van der Waals surface area contributed by atoms with Gasteiger partial charge in [-0.25, -0.2) is 0 Å². The third kappa shape index (κ3) is 2.41. The van der Waals surface area contributed by atoms with Crippen LogP contribution in [0.2, 0.25) is 0 Å². The fourth-order valence-electron chi connectivity index (χ4n) is 3.14. The normalized spacial score (nSPS) is 12.3. The third-order valence-corrected chi connectivity index (χ3v) is 4.48. The minimum atomic E-state index is -0.358. The lowest BCUT2D eigenvalue weighted by Gasteiger charge is -2.22. The number of anilines is 1. The number of pyridine rings is 1. The van der Waals surface area contributed by atoms with Crippen LogP contribution in [0.1, 0.15) is 47.8 Å². The fraction of sp³-hybridized carbons (Fsp3) is 0.0476. The Kier molecular flexibility index (Phi) is 3.69. The average molecular weight is 342 g/mol. The van der Waals surface area contributed by atoms with Crippen LogP contribution in [-0.2, 0) is 0 Å². The van der Waals surface area contributed by atoms with Crippen molar-refractivity contribution >= 4 is 23.2 Å². The summed E-state index contributed by atoms with van der Waals surface area (Å²) in [5.41, 5.74) is 2.81. The molecule has 0 saturated heterocycles. The molecule has 2 aromatic carbocycles. The summed E-state index contributed by atoms with van der Waals surface area (Å²) >= 11 is 0. The van der Waals surface area contributed by atoms with E-state index in [9.17, 15) is 14.4 Å². The van der Waals surface area contributed by atoms with E-state index in [0.29, 0.717) is 33.5 Å². The zero-order chi connectivity index (χ0) is 18.3. The largest absolute Gasteiger partial charge is 0.321 e. The van der Waals surface area contributed by atoms with Gasteiger partial charge in [0.05, 0.1) is 11.3 Å². The fourth-order valence-corrected chi connectivity index (χ4v) is 3.14. The minimum absolute atomic E-state index is 0.213. The van der Waals surface area contributed by atoms with Gasteiger partial charge in [0.1, 0.15) is 0 Å². The topological polar surface area (TPSA) is 76.1 Å². The molecule has 0 saturated carbocycles. The van der Waals surface area contributed by atoms with E-state index < -0.39 is 0 Å². The zero-order valence-corrected chi connectivity index (χ0v) is 13.9. The Morgan fingerprint density at radius 1 is 0.846 bits per heavy atom. The number of aromatic nitrogens is 1. The number of carbonyl (C=O) groups is 3. The molecule has 0 aliphatic heterocycles. The van der Waals surface area contributed by atoms with Crippen molar-refractivity contribution in [3.8, 4) is 0 Å². The van der Waals surface area contributed by atoms with Crippen molar-refractivity contribution in [2.45, 2.75) is 6.92 Å². The maximum Gasteiger partial charge on any atom is 0.255 e. The molecule has 1 aromatic heterocycles. The summed E-state index contributed by atoms with van der Waals surface area (Å²) in [4.78, 5) is 42.3. The first-order chi connectivity index (χ1) is 12.6. The summed E-state index contributed by atoms with van der Waals surface area (Å²) in [7, 11) is 0. The molecule has 0 unspecified atom stereocenters. The molecule has 0 spiro atoms. The predicted molar refractivity (Wildman–Crippen MR) is 96.7 cm³/mol. The SMILES string of the molecule is Cc1ccc2c(c1NC(=O)c1ccncc1)C(=O)c1ccccc1C2=O. The first-order valence-electron chi connectivity index (χ1n) is 8.11. The molecule has 26 heavy (non-hydrogen) atoms. The Morgan fingerprint density at radius 2 is 1.50 bits per heavy atom. The molecule has 0 fully saturated rings. The molecular weight excluding hydrogens is 328 g/mol. The number of rotatable bonds is 2. The van der Waals surface area contributed by atoms with Gasteiger partial charge in [-0.2, -0.15) is 0 Å². The van der Waals surface area contributed by atoms with Gasteiger partial charge in [0.2, 0.25) is 0 Å². The molecule has 1 aliphatic carbocycles. The van der Waals surface area contributed by atoms with Gasteiger partial charge in [-0.05, 0) is 30.7 Å². The highest BCUT2D eigenvalue weighted by Gasteiger charge is 2.32. The van der Waals surface area contributed by atoms with E-state index in [0.717, 1.165) is 0 Å². The monoisotopic (exact) mass is 342 g/mol.